The van der Waals surface area contributed by atoms with Crippen LogP contribution in [0.4, 0.5) is 0 Å². The molecule has 0 atom stereocenters. The Balaban J connectivity index is 1.97. The number of aromatic nitrogens is 1. The lowest BCUT2D eigenvalue weighted by molar-refractivity contribution is 0.122. The first kappa shape index (κ1) is 14.3. The molecule has 1 aromatic heterocycles. The quantitative estimate of drug-likeness (QED) is 0.614. The highest BCUT2D eigenvalue weighted by molar-refractivity contribution is 5.20. The zero-order valence-electron chi connectivity index (χ0n) is 11.2. The Morgan fingerprint density at radius 1 is 1.10 bits per heavy atom. The van der Waals surface area contributed by atoms with E-state index in [0.29, 0.717) is 31.9 Å². The van der Waals surface area contributed by atoms with Gasteiger partial charge in [-0.1, -0.05) is 30.3 Å². The first-order valence-corrected chi connectivity index (χ1v) is 6.48. The summed E-state index contributed by atoms with van der Waals surface area (Å²) in [4.78, 5) is 16.4. The van der Waals surface area contributed by atoms with Gasteiger partial charge in [0.1, 0.15) is 5.75 Å². The van der Waals surface area contributed by atoms with Crippen molar-refractivity contribution in [1.29, 1.82) is 0 Å². The van der Waals surface area contributed by atoms with Gasteiger partial charge in [0.2, 0.25) is 0 Å². The van der Waals surface area contributed by atoms with E-state index in [4.69, 9.17) is 10.6 Å². The zero-order chi connectivity index (χ0) is 14.2. The SMILES string of the molecule is NOCCCOc1ccn(Cc2ccccc2)c(=O)c1. The summed E-state index contributed by atoms with van der Waals surface area (Å²) in [5.41, 5.74) is 1.00. The minimum atomic E-state index is -0.0820. The number of ether oxygens (including phenoxy) is 1. The summed E-state index contributed by atoms with van der Waals surface area (Å²) in [5.74, 6) is 5.48. The van der Waals surface area contributed by atoms with E-state index in [2.05, 4.69) is 4.84 Å². The van der Waals surface area contributed by atoms with Crippen molar-refractivity contribution in [3.05, 3.63) is 64.6 Å². The summed E-state index contributed by atoms with van der Waals surface area (Å²) in [6.45, 7) is 1.46. The van der Waals surface area contributed by atoms with Crippen molar-refractivity contribution in [2.24, 2.45) is 5.90 Å². The van der Waals surface area contributed by atoms with E-state index in [-0.39, 0.29) is 5.56 Å². The van der Waals surface area contributed by atoms with Gasteiger partial charge in [-0.15, -0.1) is 0 Å². The normalized spacial score (nSPS) is 10.4. The lowest BCUT2D eigenvalue weighted by Crippen LogP contribution is -2.19. The number of rotatable bonds is 7. The molecular weight excluding hydrogens is 256 g/mol. The summed E-state index contributed by atoms with van der Waals surface area (Å²) in [5, 5.41) is 0. The Morgan fingerprint density at radius 2 is 1.90 bits per heavy atom. The summed E-state index contributed by atoms with van der Waals surface area (Å²) < 4.78 is 7.09. The predicted octanol–water partition coefficient (Wildman–Crippen LogP) is 1.56. The van der Waals surface area contributed by atoms with E-state index >= 15 is 0 Å². The molecule has 2 rings (SSSR count). The van der Waals surface area contributed by atoms with E-state index in [0.717, 1.165) is 5.56 Å². The summed E-state index contributed by atoms with van der Waals surface area (Å²) in [6, 6.07) is 13.1. The number of hydrogen-bond donors (Lipinski definition) is 1. The minimum absolute atomic E-state index is 0.0820. The molecule has 0 fully saturated rings. The van der Waals surface area contributed by atoms with Crippen LogP contribution >= 0.6 is 0 Å². The van der Waals surface area contributed by atoms with E-state index in [1.54, 1.807) is 16.8 Å². The number of nitrogens with zero attached hydrogens (tertiary/aromatic N) is 1. The molecule has 20 heavy (non-hydrogen) atoms. The number of hydrogen-bond acceptors (Lipinski definition) is 4. The van der Waals surface area contributed by atoms with Crippen molar-refractivity contribution >= 4 is 0 Å². The van der Waals surface area contributed by atoms with Crippen LogP contribution < -0.4 is 16.2 Å². The lowest BCUT2D eigenvalue weighted by Gasteiger charge is -2.08. The molecule has 0 amide bonds. The van der Waals surface area contributed by atoms with Gasteiger partial charge >= 0.3 is 0 Å². The summed E-state index contributed by atoms with van der Waals surface area (Å²) >= 11 is 0. The third kappa shape index (κ3) is 4.22. The molecule has 0 radical (unpaired) electrons. The maximum absolute atomic E-state index is 12.0. The van der Waals surface area contributed by atoms with Crippen LogP contribution in [-0.2, 0) is 11.4 Å². The van der Waals surface area contributed by atoms with Gasteiger partial charge in [-0.05, 0) is 11.6 Å². The molecule has 0 bridgehead atoms. The fourth-order valence-corrected chi connectivity index (χ4v) is 1.82. The molecular formula is C15H18N2O3. The van der Waals surface area contributed by atoms with Crippen LogP contribution in [0, 0.1) is 0 Å². The first-order chi connectivity index (χ1) is 9.79. The standard InChI is InChI=1S/C15H18N2O3/c16-20-10-4-9-19-14-7-8-17(15(18)11-14)12-13-5-2-1-3-6-13/h1-3,5-8,11H,4,9-10,12,16H2. The second-order valence-electron chi connectivity index (χ2n) is 4.39. The Kier molecular flexibility index (Phi) is 5.34. The van der Waals surface area contributed by atoms with E-state index in [1.807, 2.05) is 30.3 Å². The zero-order valence-corrected chi connectivity index (χ0v) is 11.2. The molecule has 0 saturated carbocycles. The number of nitrogens with two attached hydrogens (primary N) is 1. The van der Waals surface area contributed by atoms with Gasteiger partial charge in [0.15, 0.2) is 0 Å². The molecule has 0 saturated heterocycles. The van der Waals surface area contributed by atoms with Crippen LogP contribution in [0.3, 0.4) is 0 Å². The second-order valence-corrected chi connectivity index (χ2v) is 4.39. The fraction of sp³-hybridized carbons (Fsp3) is 0.267. The first-order valence-electron chi connectivity index (χ1n) is 6.48. The van der Waals surface area contributed by atoms with Crippen molar-refractivity contribution in [2.45, 2.75) is 13.0 Å². The number of benzene rings is 1. The van der Waals surface area contributed by atoms with Crippen molar-refractivity contribution in [2.75, 3.05) is 13.2 Å². The second kappa shape index (κ2) is 7.47. The third-order valence-corrected chi connectivity index (χ3v) is 2.84. The van der Waals surface area contributed by atoms with Gasteiger partial charge in [0, 0.05) is 18.7 Å². The number of pyridine rings is 1. The van der Waals surface area contributed by atoms with Crippen molar-refractivity contribution in [3.8, 4) is 5.75 Å². The van der Waals surface area contributed by atoms with Crippen LogP contribution in [0.5, 0.6) is 5.75 Å². The van der Waals surface area contributed by atoms with Gasteiger partial charge in [-0.3, -0.25) is 4.79 Å². The molecule has 0 aliphatic heterocycles. The molecule has 0 aliphatic carbocycles. The Hall–Kier alpha value is -2.11. The Bertz CT molecular complexity index is 581. The van der Waals surface area contributed by atoms with Crippen LogP contribution in [0.1, 0.15) is 12.0 Å². The van der Waals surface area contributed by atoms with Crippen LogP contribution in [0.15, 0.2) is 53.5 Å². The lowest BCUT2D eigenvalue weighted by atomic mass is 10.2. The molecule has 0 spiro atoms. The minimum Gasteiger partial charge on any atom is -0.493 e. The monoisotopic (exact) mass is 274 g/mol. The smallest absolute Gasteiger partial charge is 0.254 e. The van der Waals surface area contributed by atoms with Gasteiger partial charge in [-0.25, -0.2) is 5.90 Å². The van der Waals surface area contributed by atoms with Crippen LogP contribution in [0.2, 0.25) is 0 Å². The van der Waals surface area contributed by atoms with Gasteiger partial charge in [-0.2, -0.15) is 0 Å². The Morgan fingerprint density at radius 3 is 2.60 bits per heavy atom. The molecule has 2 aromatic rings. The fourth-order valence-electron chi connectivity index (χ4n) is 1.82. The molecule has 106 valence electrons. The summed E-state index contributed by atoms with van der Waals surface area (Å²) in [7, 11) is 0. The molecule has 0 aliphatic rings. The Labute approximate surface area is 117 Å². The molecule has 1 heterocycles. The van der Waals surface area contributed by atoms with Crippen molar-refractivity contribution in [1.82, 2.24) is 4.57 Å². The highest BCUT2D eigenvalue weighted by Gasteiger charge is 2.01. The van der Waals surface area contributed by atoms with E-state index in [9.17, 15) is 4.79 Å². The van der Waals surface area contributed by atoms with Crippen molar-refractivity contribution < 1.29 is 9.57 Å². The third-order valence-electron chi connectivity index (χ3n) is 2.84. The van der Waals surface area contributed by atoms with Gasteiger partial charge in [0.05, 0.1) is 19.8 Å². The molecule has 5 heteroatoms. The van der Waals surface area contributed by atoms with E-state index < -0.39 is 0 Å². The predicted molar refractivity (Wildman–Crippen MR) is 76.5 cm³/mol. The molecule has 1 aromatic carbocycles. The molecule has 2 N–H and O–H groups in total. The topological polar surface area (TPSA) is 66.5 Å². The van der Waals surface area contributed by atoms with E-state index in [1.165, 1.54) is 6.07 Å². The highest BCUT2D eigenvalue weighted by Crippen LogP contribution is 2.07. The maximum Gasteiger partial charge on any atom is 0.254 e. The molecule has 0 unspecified atom stereocenters. The largest absolute Gasteiger partial charge is 0.493 e. The summed E-state index contributed by atoms with van der Waals surface area (Å²) in [6.07, 6.45) is 2.42. The maximum atomic E-state index is 12.0. The highest BCUT2D eigenvalue weighted by atomic mass is 16.6. The van der Waals surface area contributed by atoms with Crippen LogP contribution in [0.25, 0.3) is 0 Å². The van der Waals surface area contributed by atoms with Crippen LogP contribution in [-0.4, -0.2) is 17.8 Å². The van der Waals surface area contributed by atoms with Gasteiger partial charge in [0.25, 0.3) is 5.56 Å². The average Bonchev–Trinajstić information content (AvgIpc) is 2.47. The van der Waals surface area contributed by atoms with Gasteiger partial charge < -0.3 is 14.1 Å². The average molecular weight is 274 g/mol. The van der Waals surface area contributed by atoms with Crippen molar-refractivity contribution in [3.63, 3.8) is 0 Å². The molecule has 5 nitrogen and oxygen atoms in total.